The van der Waals surface area contributed by atoms with Gasteiger partial charge < -0.3 is 19.3 Å². The summed E-state index contributed by atoms with van der Waals surface area (Å²) in [6.07, 6.45) is 4.85. The predicted octanol–water partition coefficient (Wildman–Crippen LogP) is 2.21. The minimum atomic E-state index is -0.527. The van der Waals surface area contributed by atoms with Gasteiger partial charge in [0, 0.05) is 12.8 Å². The lowest BCUT2D eigenvalue weighted by Crippen LogP contribution is -2.47. The van der Waals surface area contributed by atoms with Crippen LogP contribution in [0.5, 0.6) is 5.75 Å². The minimum Gasteiger partial charge on any atom is -0.488 e. The van der Waals surface area contributed by atoms with E-state index in [1.807, 2.05) is 6.07 Å². The average molecular weight is 290 g/mol. The Morgan fingerprint density at radius 2 is 1.95 bits per heavy atom. The maximum absolute atomic E-state index is 10.2. The summed E-state index contributed by atoms with van der Waals surface area (Å²) in [5.41, 5.74) is 2.83. The molecule has 4 nitrogen and oxygen atoms in total. The van der Waals surface area contributed by atoms with E-state index in [0.29, 0.717) is 26.1 Å². The SMILES string of the molecule is OC1CCC2(CC1Oc1ccc3c(c1)CCC3)OCCO2. The van der Waals surface area contributed by atoms with E-state index in [4.69, 9.17) is 14.2 Å². The van der Waals surface area contributed by atoms with Crippen molar-refractivity contribution in [2.24, 2.45) is 0 Å². The highest BCUT2D eigenvalue weighted by Crippen LogP contribution is 2.38. The molecule has 1 N–H and O–H groups in total. The van der Waals surface area contributed by atoms with Crippen LogP contribution in [0, 0.1) is 0 Å². The predicted molar refractivity (Wildman–Crippen MR) is 77.4 cm³/mol. The van der Waals surface area contributed by atoms with Gasteiger partial charge in [-0.3, -0.25) is 0 Å². The van der Waals surface area contributed by atoms with Crippen molar-refractivity contribution in [1.82, 2.24) is 0 Å². The maximum Gasteiger partial charge on any atom is 0.172 e. The quantitative estimate of drug-likeness (QED) is 0.907. The topological polar surface area (TPSA) is 47.9 Å². The first-order chi connectivity index (χ1) is 10.2. The van der Waals surface area contributed by atoms with Gasteiger partial charge in [0.2, 0.25) is 0 Å². The fraction of sp³-hybridized carbons (Fsp3) is 0.647. The number of aliphatic hydroxyl groups excluding tert-OH is 1. The van der Waals surface area contributed by atoms with Gasteiger partial charge in [-0.15, -0.1) is 0 Å². The number of hydrogen-bond donors (Lipinski definition) is 1. The number of aryl methyl sites for hydroxylation is 2. The van der Waals surface area contributed by atoms with Crippen LogP contribution in [-0.2, 0) is 22.3 Å². The van der Waals surface area contributed by atoms with Gasteiger partial charge in [0.05, 0.1) is 19.3 Å². The summed E-state index contributed by atoms with van der Waals surface area (Å²) in [7, 11) is 0. The van der Waals surface area contributed by atoms with Gasteiger partial charge in [0.25, 0.3) is 0 Å². The summed E-state index contributed by atoms with van der Waals surface area (Å²) in [6, 6.07) is 6.31. The number of aliphatic hydroxyl groups is 1. The molecule has 0 aromatic heterocycles. The molecule has 0 amide bonds. The molecule has 4 rings (SSSR count). The van der Waals surface area contributed by atoms with E-state index in [1.54, 1.807) is 0 Å². The molecule has 0 radical (unpaired) electrons. The highest BCUT2D eigenvalue weighted by Gasteiger charge is 2.45. The second-order valence-electron chi connectivity index (χ2n) is 6.36. The highest BCUT2D eigenvalue weighted by atomic mass is 16.7. The standard InChI is InChI=1S/C17H22O4/c18-15-6-7-17(19-8-9-20-17)11-16(15)21-14-5-4-12-2-1-3-13(12)10-14/h4-5,10,15-16,18H,1-3,6-9,11H2. The Kier molecular flexibility index (Phi) is 3.40. The molecule has 2 atom stereocenters. The summed E-state index contributed by atoms with van der Waals surface area (Å²) < 4.78 is 17.6. The zero-order chi connectivity index (χ0) is 14.3. The van der Waals surface area contributed by atoms with Gasteiger partial charge in [-0.1, -0.05) is 6.07 Å². The van der Waals surface area contributed by atoms with Crippen LogP contribution in [0.4, 0.5) is 0 Å². The number of rotatable bonds is 2. The lowest BCUT2D eigenvalue weighted by Gasteiger charge is -2.38. The maximum atomic E-state index is 10.2. The van der Waals surface area contributed by atoms with E-state index >= 15 is 0 Å². The lowest BCUT2D eigenvalue weighted by atomic mass is 9.89. The molecule has 3 aliphatic rings. The summed E-state index contributed by atoms with van der Waals surface area (Å²) >= 11 is 0. The summed E-state index contributed by atoms with van der Waals surface area (Å²) in [4.78, 5) is 0. The monoisotopic (exact) mass is 290 g/mol. The van der Waals surface area contributed by atoms with Gasteiger partial charge in [-0.05, 0) is 48.9 Å². The van der Waals surface area contributed by atoms with Crippen LogP contribution < -0.4 is 4.74 Å². The highest BCUT2D eigenvalue weighted by molar-refractivity contribution is 5.38. The van der Waals surface area contributed by atoms with Crippen molar-refractivity contribution in [1.29, 1.82) is 0 Å². The third-order valence-electron chi connectivity index (χ3n) is 4.93. The molecule has 1 aromatic rings. The molecule has 4 heteroatoms. The Bertz CT molecular complexity index is 522. The molecule has 1 saturated heterocycles. The van der Waals surface area contributed by atoms with Gasteiger partial charge in [0.15, 0.2) is 5.79 Å². The van der Waals surface area contributed by atoms with Crippen molar-refractivity contribution in [3.05, 3.63) is 29.3 Å². The van der Waals surface area contributed by atoms with Crippen LogP contribution in [0.1, 0.15) is 36.8 Å². The molecule has 2 aliphatic carbocycles. The molecule has 1 heterocycles. The van der Waals surface area contributed by atoms with Gasteiger partial charge >= 0.3 is 0 Å². The van der Waals surface area contributed by atoms with Crippen LogP contribution >= 0.6 is 0 Å². The molecule has 1 aromatic carbocycles. The van der Waals surface area contributed by atoms with Crippen molar-refractivity contribution in [2.45, 2.75) is 56.5 Å². The summed E-state index contributed by atoms with van der Waals surface area (Å²) in [5, 5.41) is 10.2. The Balaban J connectivity index is 1.49. The van der Waals surface area contributed by atoms with E-state index in [1.165, 1.54) is 24.0 Å². The molecule has 2 unspecified atom stereocenters. The Hall–Kier alpha value is -1.10. The fourth-order valence-electron chi connectivity index (χ4n) is 3.77. The normalized spacial score (nSPS) is 30.5. The van der Waals surface area contributed by atoms with Crippen LogP contribution in [0.15, 0.2) is 18.2 Å². The number of fused-ring (bicyclic) bond motifs is 1. The zero-order valence-corrected chi connectivity index (χ0v) is 12.2. The van der Waals surface area contributed by atoms with E-state index in [9.17, 15) is 5.11 Å². The van der Waals surface area contributed by atoms with E-state index in [-0.39, 0.29) is 6.10 Å². The fourth-order valence-corrected chi connectivity index (χ4v) is 3.77. The molecular formula is C17H22O4. The van der Waals surface area contributed by atoms with Crippen LogP contribution in [0.2, 0.25) is 0 Å². The smallest absolute Gasteiger partial charge is 0.172 e. The molecule has 2 fully saturated rings. The third-order valence-corrected chi connectivity index (χ3v) is 4.93. The van der Waals surface area contributed by atoms with Gasteiger partial charge in [0.1, 0.15) is 11.9 Å². The largest absolute Gasteiger partial charge is 0.488 e. The van der Waals surface area contributed by atoms with Crippen molar-refractivity contribution >= 4 is 0 Å². The first-order valence-electron chi connectivity index (χ1n) is 7.99. The van der Waals surface area contributed by atoms with Gasteiger partial charge in [-0.25, -0.2) is 0 Å². The summed E-state index contributed by atoms with van der Waals surface area (Å²) in [6.45, 7) is 1.28. The van der Waals surface area contributed by atoms with Crippen LogP contribution in [-0.4, -0.2) is 36.3 Å². The van der Waals surface area contributed by atoms with E-state index < -0.39 is 11.9 Å². The zero-order valence-electron chi connectivity index (χ0n) is 12.2. The number of benzene rings is 1. The van der Waals surface area contributed by atoms with Crippen molar-refractivity contribution in [2.75, 3.05) is 13.2 Å². The first-order valence-corrected chi connectivity index (χ1v) is 7.99. The molecular weight excluding hydrogens is 268 g/mol. The second kappa shape index (κ2) is 5.27. The van der Waals surface area contributed by atoms with E-state index in [2.05, 4.69) is 12.1 Å². The Labute approximate surface area is 125 Å². The minimum absolute atomic E-state index is 0.253. The van der Waals surface area contributed by atoms with Crippen molar-refractivity contribution in [3.8, 4) is 5.75 Å². The Morgan fingerprint density at radius 1 is 1.14 bits per heavy atom. The number of ether oxygens (including phenoxy) is 3. The van der Waals surface area contributed by atoms with Crippen LogP contribution in [0.25, 0.3) is 0 Å². The molecule has 1 saturated carbocycles. The molecule has 0 bridgehead atoms. The van der Waals surface area contributed by atoms with E-state index in [0.717, 1.165) is 18.6 Å². The molecule has 1 spiro atoms. The first kappa shape index (κ1) is 13.6. The second-order valence-corrected chi connectivity index (χ2v) is 6.36. The average Bonchev–Trinajstić information content (AvgIpc) is 3.12. The van der Waals surface area contributed by atoms with Crippen molar-refractivity contribution in [3.63, 3.8) is 0 Å². The van der Waals surface area contributed by atoms with Gasteiger partial charge in [-0.2, -0.15) is 0 Å². The number of hydrogen-bond acceptors (Lipinski definition) is 4. The molecule has 21 heavy (non-hydrogen) atoms. The lowest BCUT2D eigenvalue weighted by molar-refractivity contribution is -0.209. The third kappa shape index (κ3) is 2.56. The van der Waals surface area contributed by atoms with Crippen LogP contribution in [0.3, 0.4) is 0 Å². The molecule has 1 aliphatic heterocycles. The summed E-state index contributed by atoms with van der Waals surface area (Å²) in [5.74, 6) is 0.329. The molecule has 114 valence electrons. The van der Waals surface area contributed by atoms with Crippen molar-refractivity contribution < 1.29 is 19.3 Å². The Morgan fingerprint density at radius 3 is 2.81 bits per heavy atom.